The summed E-state index contributed by atoms with van der Waals surface area (Å²) in [6.07, 6.45) is 4.65. The van der Waals surface area contributed by atoms with Crippen molar-refractivity contribution in [2.75, 3.05) is 0 Å². The summed E-state index contributed by atoms with van der Waals surface area (Å²) in [6.45, 7) is 1.68. The number of carbonyl (C=O) groups is 1. The Bertz CT molecular complexity index is 596. The van der Waals surface area contributed by atoms with E-state index in [1.54, 1.807) is 6.92 Å². The largest absolute Gasteiger partial charge is 0.295 e. The molecular formula is C16H16O. The number of Topliss-reactive ketones (excluding diaryl/α,β-unsaturated/α-hetero) is 1. The van der Waals surface area contributed by atoms with Gasteiger partial charge in [-0.3, -0.25) is 4.79 Å². The molecule has 0 saturated heterocycles. The Morgan fingerprint density at radius 3 is 2.53 bits per heavy atom. The lowest BCUT2D eigenvalue weighted by Crippen LogP contribution is -2.09. The van der Waals surface area contributed by atoms with Gasteiger partial charge in [-0.05, 0) is 60.6 Å². The zero-order valence-corrected chi connectivity index (χ0v) is 10.1. The molecule has 3 rings (SSSR count). The van der Waals surface area contributed by atoms with Crippen molar-refractivity contribution in [1.82, 2.24) is 0 Å². The average Bonchev–Trinajstić information content (AvgIpc) is 2.37. The van der Waals surface area contributed by atoms with Crippen LogP contribution in [0.4, 0.5) is 0 Å². The maximum atomic E-state index is 11.8. The summed E-state index contributed by atoms with van der Waals surface area (Å²) in [5.74, 6) is 0.203. The molecule has 17 heavy (non-hydrogen) atoms. The maximum absolute atomic E-state index is 11.8. The van der Waals surface area contributed by atoms with Crippen molar-refractivity contribution in [3.63, 3.8) is 0 Å². The zero-order valence-electron chi connectivity index (χ0n) is 10.1. The minimum absolute atomic E-state index is 0.203. The van der Waals surface area contributed by atoms with Crippen LogP contribution in [-0.4, -0.2) is 5.78 Å². The van der Waals surface area contributed by atoms with Crippen LogP contribution in [0.3, 0.4) is 0 Å². The Labute approximate surface area is 101 Å². The highest BCUT2D eigenvalue weighted by Crippen LogP contribution is 2.32. The standard InChI is InChI=1S/C16H16O/c1-11(17)16-10-12-6-2-3-7-13(12)14-8-4-5-9-15(14)16/h2-3,6-7,10H,4-5,8-9H2,1H3. The lowest BCUT2D eigenvalue weighted by Gasteiger charge is -2.20. The topological polar surface area (TPSA) is 17.1 Å². The summed E-state index contributed by atoms with van der Waals surface area (Å²) in [4.78, 5) is 11.8. The van der Waals surface area contributed by atoms with Gasteiger partial charge in [0.05, 0.1) is 0 Å². The molecule has 0 fully saturated rings. The number of hydrogen-bond acceptors (Lipinski definition) is 1. The highest BCUT2D eigenvalue weighted by Gasteiger charge is 2.18. The smallest absolute Gasteiger partial charge is 0.160 e. The van der Waals surface area contributed by atoms with Gasteiger partial charge in [-0.15, -0.1) is 0 Å². The molecular weight excluding hydrogens is 208 g/mol. The molecule has 86 valence electrons. The third-order valence-electron chi connectivity index (χ3n) is 3.76. The van der Waals surface area contributed by atoms with Crippen molar-refractivity contribution in [2.45, 2.75) is 32.6 Å². The van der Waals surface area contributed by atoms with Crippen molar-refractivity contribution in [3.8, 4) is 0 Å². The number of rotatable bonds is 1. The minimum Gasteiger partial charge on any atom is -0.295 e. The molecule has 0 aliphatic heterocycles. The third-order valence-corrected chi connectivity index (χ3v) is 3.76. The zero-order chi connectivity index (χ0) is 11.8. The van der Waals surface area contributed by atoms with Crippen LogP contribution in [0.25, 0.3) is 10.8 Å². The van der Waals surface area contributed by atoms with Crippen LogP contribution in [0, 0.1) is 0 Å². The van der Waals surface area contributed by atoms with Crippen molar-refractivity contribution >= 4 is 16.6 Å². The first-order valence-electron chi connectivity index (χ1n) is 6.32. The summed E-state index contributed by atoms with van der Waals surface area (Å²) in [6, 6.07) is 10.5. The number of ketones is 1. The molecule has 0 aromatic heterocycles. The molecule has 0 heterocycles. The second kappa shape index (κ2) is 3.99. The van der Waals surface area contributed by atoms with E-state index in [4.69, 9.17) is 0 Å². The fraction of sp³-hybridized carbons (Fsp3) is 0.312. The van der Waals surface area contributed by atoms with Gasteiger partial charge >= 0.3 is 0 Å². The van der Waals surface area contributed by atoms with Crippen LogP contribution in [0.1, 0.15) is 41.3 Å². The molecule has 2 aromatic carbocycles. The summed E-state index contributed by atoms with van der Waals surface area (Å²) >= 11 is 0. The number of carbonyl (C=O) groups excluding carboxylic acids is 1. The molecule has 0 N–H and O–H groups in total. The monoisotopic (exact) mass is 224 g/mol. The van der Waals surface area contributed by atoms with Crippen molar-refractivity contribution < 1.29 is 4.79 Å². The van der Waals surface area contributed by atoms with Gasteiger partial charge in [-0.1, -0.05) is 24.3 Å². The number of aryl methyl sites for hydroxylation is 1. The molecule has 0 unspecified atom stereocenters. The van der Waals surface area contributed by atoms with E-state index in [9.17, 15) is 4.79 Å². The van der Waals surface area contributed by atoms with Gasteiger partial charge in [0.1, 0.15) is 0 Å². The predicted octanol–water partition coefficient (Wildman–Crippen LogP) is 3.92. The molecule has 0 bridgehead atoms. The summed E-state index contributed by atoms with van der Waals surface area (Å²) < 4.78 is 0. The minimum atomic E-state index is 0.203. The third kappa shape index (κ3) is 1.66. The van der Waals surface area contributed by atoms with Gasteiger partial charge in [0.2, 0.25) is 0 Å². The van der Waals surface area contributed by atoms with Crippen molar-refractivity contribution in [3.05, 3.63) is 47.0 Å². The Balaban J connectivity index is 2.39. The first-order valence-corrected chi connectivity index (χ1v) is 6.32. The highest BCUT2D eigenvalue weighted by atomic mass is 16.1. The van der Waals surface area contributed by atoms with Crippen LogP contribution in [0.15, 0.2) is 30.3 Å². The van der Waals surface area contributed by atoms with E-state index in [2.05, 4.69) is 24.3 Å². The normalized spacial score (nSPS) is 14.6. The van der Waals surface area contributed by atoms with Crippen LogP contribution < -0.4 is 0 Å². The van der Waals surface area contributed by atoms with Crippen molar-refractivity contribution in [1.29, 1.82) is 0 Å². The predicted molar refractivity (Wildman–Crippen MR) is 70.6 cm³/mol. The fourth-order valence-corrected chi connectivity index (χ4v) is 2.95. The van der Waals surface area contributed by atoms with Crippen LogP contribution in [0.5, 0.6) is 0 Å². The Kier molecular flexibility index (Phi) is 2.47. The van der Waals surface area contributed by atoms with E-state index in [1.165, 1.54) is 34.7 Å². The second-order valence-corrected chi connectivity index (χ2v) is 4.87. The van der Waals surface area contributed by atoms with Gasteiger partial charge in [-0.25, -0.2) is 0 Å². The molecule has 2 aromatic rings. The lowest BCUT2D eigenvalue weighted by molar-refractivity contribution is 0.101. The van der Waals surface area contributed by atoms with Gasteiger partial charge in [-0.2, -0.15) is 0 Å². The number of benzene rings is 2. The van der Waals surface area contributed by atoms with Gasteiger partial charge in [0.15, 0.2) is 5.78 Å². The summed E-state index contributed by atoms with van der Waals surface area (Å²) in [5.41, 5.74) is 3.67. The van der Waals surface area contributed by atoms with E-state index in [1.807, 2.05) is 6.07 Å². The van der Waals surface area contributed by atoms with E-state index in [0.717, 1.165) is 18.4 Å². The average molecular weight is 224 g/mol. The van der Waals surface area contributed by atoms with E-state index in [0.29, 0.717) is 0 Å². The molecule has 0 atom stereocenters. The molecule has 0 saturated carbocycles. The first-order chi connectivity index (χ1) is 8.27. The molecule has 0 radical (unpaired) electrons. The van der Waals surface area contributed by atoms with E-state index >= 15 is 0 Å². The van der Waals surface area contributed by atoms with E-state index in [-0.39, 0.29) is 5.78 Å². The molecule has 0 spiro atoms. The summed E-state index contributed by atoms with van der Waals surface area (Å²) in [7, 11) is 0. The van der Waals surface area contributed by atoms with Crippen LogP contribution >= 0.6 is 0 Å². The highest BCUT2D eigenvalue weighted by molar-refractivity contribution is 6.01. The van der Waals surface area contributed by atoms with Crippen LogP contribution in [0.2, 0.25) is 0 Å². The lowest BCUT2D eigenvalue weighted by atomic mass is 9.83. The van der Waals surface area contributed by atoms with Crippen LogP contribution in [-0.2, 0) is 12.8 Å². The Morgan fingerprint density at radius 1 is 1.06 bits per heavy atom. The van der Waals surface area contributed by atoms with Gasteiger partial charge in [0.25, 0.3) is 0 Å². The Hall–Kier alpha value is -1.63. The number of fused-ring (bicyclic) bond motifs is 3. The maximum Gasteiger partial charge on any atom is 0.160 e. The molecule has 1 aliphatic rings. The Morgan fingerprint density at radius 2 is 1.76 bits per heavy atom. The molecule has 1 nitrogen and oxygen atoms in total. The van der Waals surface area contributed by atoms with Crippen molar-refractivity contribution in [2.24, 2.45) is 0 Å². The molecule has 0 amide bonds. The molecule has 1 aliphatic carbocycles. The van der Waals surface area contributed by atoms with E-state index < -0.39 is 0 Å². The second-order valence-electron chi connectivity index (χ2n) is 4.87. The quantitative estimate of drug-likeness (QED) is 0.671. The van der Waals surface area contributed by atoms with Gasteiger partial charge in [0, 0.05) is 5.56 Å². The molecule has 1 heteroatoms. The number of hydrogen-bond donors (Lipinski definition) is 0. The SMILES string of the molecule is CC(=O)c1cc2ccccc2c2c1CCCC2. The fourth-order valence-electron chi connectivity index (χ4n) is 2.95. The summed E-state index contributed by atoms with van der Waals surface area (Å²) in [5, 5.41) is 2.55. The first kappa shape index (κ1) is 10.5. The van der Waals surface area contributed by atoms with Gasteiger partial charge < -0.3 is 0 Å².